The summed E-state index contributed by atoms with van der Waals surface area (Å²) < 4.78 is 3.33. The van der Waals surface area contributed by atoms with Crippen molar-refractivity contribution in [2.75, 3.05) is 37.6 Å². The van der Waals surface area contributed by atoms with Crippen molar-refractivity contribution in [1.82, 2.24) is 29.4 Å². The van der Waals surface area contributed by atoms with Crippen LogP contribution in [0.2, 0.25) is 0 Å². The van der Waals surface area contributed by atoms with E-state index in [2.05, 4.69) is 51.2 Å². The Bertz CT molecular complexity index is 1350. The van der Waals surface area contributed by atoms with Crippen LogP contribution in [0.25, 0.3) is 16.7 Å². The lowest BCUT2D eigenvalue weighted by atomic mass is 10.1. The summed E-state index contributed by atoms with van der Waals surface area (Å²) in [6.07, 6.45) is 0. The third kappa shape index (κ3) is 4.39. The van der Waals surface area contributed by atoms with E-state index >= 15 is 0 Å². The molecule has 0 unspecified atom stereocenters. The fraction of sp³-hybridized carbons (Fsp3) is 0.360. The van der Waals surface area contributed by atoms with Gasteiger partial charge in [0.1, 0.15) is 5.82 Å². The van der Waals surface area contributed by atoms with Gasteiger partial charge in [0.2, 0.25) is 0 Å². The Morgan fingerprint density at radius 1 is 0.848 bits per heavy atom. The van der Waals surface area contributed by atoms with Gasteiger partial charge in [-0.05, 0) is 50.6 Å². The Morgan fingerprint density at radius 2 is 1.64 bits per heavy atom. The minimum Gasteiger partial charge on any atom is -0.354 e. The molecule has 0 bridgehead atoms. The van der Waals surface area contributed by atoms with Crippen molar-refractivity contribution in [1.29, 1.82) is 0 Å². The van der Waals surface area contributed by atoms with Crippen molar-refractivity contribution in [3.05, 3.63) is 75.8 Å². The maximum atomic E-state index is 12.4. The second kappa shape index (κ2) is 8.78. The minimum absolute atomic E-state index is 0.0882. The fourth-order valence-corrected chi connectivity index (χ4v) is 4.50. The lowest BCUT2D eigenvalue weighted by Crippen LogP contribution is -2.48. The van der Waals surface area contributed by atoms with E-state index in [1.807, 2.05) is 26.0 Å². The van der Waals surface area contributed by atoms with E-state index in [4.69, 9.17) is 4.98 Å². The molecule has 33 heavy (non-hydrogen) atoms. The molecule has 1 aliphatic rings. The van der Waals surface area contributed by atoms with Crippen LogP contribution >= 0.6 is 0 Å². The zero-order valence-electron chi connectivity index (χ0n) is 19.4. The predicted molar refractivity (Wildman–Crippen MR) is 130 cm³/mol. The molecule has 0 aliphatic carbocycles. The second-order valence-electron chi connectivity index (χ2n) is 8.74. The van der Waals surface area contributed by atoms with Gasteiger partial charge < -0.3 is 4.90 Å². The highest BCUT2D eigenvalue weighted by Crippen LogP contribution is 2.23. The topological polar surface area (TPSA) is 72.1 Å². The number of fused-ring (bicyclic) bond motifs is 1. The molecule has 1 fully saturated rings. The van der Waals surface area contributed by atoms with Gasteiger partial charge >= 0.3 is 0 Å². The van der Waals surface area contributed by atoms with E-state index in [0.717, 1.165) is 55.4 Å². The molecule has 0 radical (unpaired) electrons. The summed E-state index contributed by atoms with van der Waals surface area (Å²) in [5, 5.41) is 10.2. The van der Waals surface area contributed by atoms with Crippen molar-refractivity contribution < 1.29 is 0 Å². The average molecular weight is 444 g/mol. The number of hydrogen-bond acceptors (Lipinski definition) is 6. The summed E-state index contributed by atoms with van der Waals surface area (Å²) in [5.41, 5.74) is 4.14. The Balaban J connectivity index is 1.23. The zero-order valence-corrected chi connectivity index (χ0v) is 19.4. The van der Waals surface area contributed by atoms with Gasteiger partial charge in [0.15, 0.2) is 5.82 Å². The highest BCUT2D eigenvalue weighted by atomic mass is 16.1. The summed E-state index contributed by atoms with van der Waals surface area (Å²) in [5.74, 6) is 1.71. The molecule has 3 aromatic heterocycles. The summed E-state index contributed by atoms with van der Waals surface area (Å²) >= 11 is 0. The number of aryl methyl sites for hydroxylation is 3. The summed E-state index contributed by atoms with van der Waals surface area (Å²) in [7, 11) is 0. The molecular formula is C25H29N7O. The average Bonchev–Trinajstić information content (AvgIpc) is 3.16. The fourth-order valence-electron chi connectivity index (χ4n) is 4.50. The molecule has 170 valence electrons. The molecule has 4 aromatic rings. The number of hydrogen-bond donors (Lipinski definition) is 0. The van der Waals surface area contributed by atoms with E-state index < -0.39 is 0 Å². The van der Waals surface area contributed by atoms with Crippen LogP contribution in [0, 0.1) is 20.8 Å². The highest BCUT2D eigenvalue weighted by molar-refractivity contribution is 5.83. The van der Waals surface area contributed by atoms with Gasteiger partial charge in [-0.15, -0.1) is 5.10 Å². The maximum absolute atomic E-state index is 12.4. The van der Waals surface area contributed by atoms with Crippen LogP contribution in [-0.4, -0.2) is 62.2 Å². The smallest absolute Gasteiger partial charge is 0.266 e. The summed E-state index contributed by atoms with van der Waals surface area (Å²) in [4.78, 5) is 22.0. The molecule has 0 amide bonds. The van der Waals surface area contributed by atoms with E-state index in [1.54, 1.807) is 21.5 Å². The Morgan fingerprint density at radius 3 is 2.39 bits per heavy atom. The predicted octanol–water partition coefficient (Wildman–Crippen LogP) is 2.72. The van der Waals surface area contributed by atoms with Crippen LogP contribution in [0.5, 0.6) is 0 Å². The van der Waals surface area contributed by atoms with Crippen molar-refractivity contribution >= 4 is 16.7 Å². The standard InChI is InChI=1S/C25H29N7O/c1-18-16-24(26-22-7-5-4-6-21(18)22)30-13-10-29(11-14-30)12-15-31-25(33)9-8-23(28-31)32-20(3)17-19(2)27-32/h4-9,16-17H,10-15H2,1-3H3. The van der Waals surface area contributed by atoms with Gasteiger partial charge in [-0.3, -0.25) is 9.69 Å². The number of aromatic nitrogens is 5. The third-order valence-corrected chi connectivity index (χ3v) is 6.31. The van der Waals surface area contributed by atoms with Gasteiger partial charge in [-0.2, -0.15) is 5.10 Å². The molecule has 1 saturated heterocycles. The number of rotatable bonds is 5. The number of anilines is 1. The highest BCUT2D eigenvalue weighted by Gasteiger charge is 2.19. The number of piperazine rings is 1. The van der Waals surface area contributed by atoms with Crippen LogP contribution in [0.4, 0.5) is 5.82 Å². The van der Waals surface area contributed by atoms with Crippen LogP contribution in [0.1, 0.15) is 17.0 Å². The minimum atomic E-state index is -0.0882. The van der Waals surface area contributed by atoms with Gasteiger partial charge in [-0.25, -0.2) is 14.3 Å². The first-order valence-corrected chi connectivity index (χ1v) is 11.4. The molecule has 0 atom stereocenters. The number of para-hydroxylation sites is 1. The van der Waals surface area contributed by atoms with E-state index in [-0.39, 0.29) is 5.56 Å². The Kier molecular flexibility index (Phi) is 5.68. The molecule has 4 heterocycles. The Hall–Kier alpha value is -3.52. The molecule has 5 rings (SSSR count). The van der Waals surface area contributed by atoms with Gasteiger partial charge in [0.25, 0.3) is 5.56 Å². The Labute approximate surface area is 193 Å². The molecule has 0 spiro atoms. The molecule has 8 nitrogen and oxygen atoms in total. The van der Waals surface area contributed by atoms with Crippen molar-refractivity contribution in [2.45, 2.75) is 27.3 Å². The molecule has 1 aromatic carbocycles. The maximum Gasteiger partial charge on any atom is 0.266 e. The molecule has 8 heteroatoms. The number of benzene rings is 1. The third-order valence-electron chi connectivity index (χ3n) is 6.31. The van der Waals surface area contributed by atoms with E-state index in [9.17, 15) is 4.79 Å². The van der Waals surface area contributed by atoms with Crippen molar-refractivity contribution in [3.63, 3.8) is 0 Å². The van der Waals surface area contributed by atoms with Gasteiger partial charge in [0, 0.05) is 49.9 Å². The largest absolute Gasteiger partial charge is 0.354 e. The quantitative estimate of drug-likeness (QED) is 0.472. The van der Waals surface area contributed by atoms with E-state index in [1.165, 1.54) is 10.9 Å². The lowest BCUT2D eigenvalue weighted by Gasteiger charge is -2.35. The summed E-state index contributed by atoms with van der Waals surface area (Å²) in [6.45, 7) is 11.1. The molecule has 1 aliphatic heterocycles. The normalized spacial score (nSPS) is 14.8. The first-order valence-electron chi connectivity index (χ1n) is 11.4. The SMILES string of the molecule is Cc1cc(C)n(-c2ccc(=O)n(CCN3CCN(c4cc(C)c5ccccc5n4)CC3)n2)n1. The van der Waals surface area contributed by atoms with Crippen molar-refractivity contribution in [2.24, 2.45) is 0 Å². The number of pyridine rings is 1. The molecule has 0 saturated carbocycles. The van der Waals surface area contributed by atoms with Crippen LogP contribution < -0.4 is 10.5 Å². The lowest BCUT2D eigenvalue weighted by molar-refractivity contribution is 0.242. The van der Waals surface area contributed by atoms with Gasteiger partial charge in [0.05, 0.1) is 17.8 Å². The first-order chi connectivity index (χ1) is 16.0. The van der Waals surface area contributed by atoms with Crippen LogP contribution in [0.3, 0.4) is 0 Å². The van der Waals surface area contributed by atoms with Gasteiger partial charge in [-0.1, -0.05) is 18.2 Å². The molecule has 0 N–H and O–H groups in total. The van der Waals surface area contributed by atoms with E-state index in [0.29, 0.717) is 12.4 Å². The zero-order chi connectivity index (χ0) is 22.9. The van der Waals surface area contributed by atoms with Crippen LogP contribution in [-0.2, 0) is 6.54 Å². The number of nitrogens with zero attached hydrogens (tertiary/aromatic N) is 7. The van der Waals surface area contributed by atoms with Crippen molar-refractivity contribution in [3.8, 4) is 5.82 Å². The second-order valence-corrected chi connectivity index (χ2v) is 8.74. The first kappa shape index (κ1) is 21.3. The van der Waals surface area contributed by atoms with Crippen LogP contribution in [0.15, 0.2) is 53.3 Å². The molecular weight excluding hydrogens is 414 g/mol. The monoisotopic (exact) mass is 443 g/mol. The summed E-state index contributed by atoms with van der Waals surface area (Å²) in [6, 6.07) is 15.8.